The summed E-state index contributed by atoms with van der Waals surface area (Å²) in [4.78, 5) is 4.50. The third-order valence-electron chi connectivity index (χ3n) is 3.44. The molecule has 2 atom stereocenters. The smallest absolute Gasteiger partial charge is 0.191 e. The molecule has 0 radical (unpaired) electrons. The van der Waals surface area contributed by atoms with E-state index in [1.54, 1.807) is 0 Å². The first kappa shape index (κ1) is 10.8. The van der Waals surface area contributed by atoms with Crippen LogP contribution >= 0.6 is 0 Å². The van der Waals surface area contributed by atoms with Crippen molar-refractivity contribution in [1.29, 1.82) is 0 Å². The van der Waals surface area contributed by atoms with Crippen LogP contribution < -0.4 is 10.6 Å². The topological polar surface area (TPSA) is 36.4 Å². The number of guanidine groups is 1. The van der Waals surface area contributed by atoms with E-state index in [1.165, 1.54) is 32.1 Å². The molecule has 0 saturated heterocycles. The number of nitrogens with zero attached hydrogens (tertiary/aromatic N) is 1. The normalized spacial score (nSPS) is 31.7. The van der Waals surface area contributed by atoms with Gasteiger partial charge < -0.3 is 10.6 Å². The van der Waals surface area contributed by atoms with Crippen molar-refractivity contribution < 1.29 is 0 Å². The first-order valence-electron chi connectivity index (χ1n) is 6.37. The Morgan fingerprint density at radius 1 is 1.27 bits per heavy atom. The standard InChI is InChI=1S/C12H23N3/c1-3-13-12(15-11-8-9(11)2)14-10-6-4-5-7-10/h9-11H,3-8H2,1-2H3,(H2,13,14,15). The summed E-state index contributed by atoms with van der Waals surface area (Å²) in [5.41, 5.74) is 0. The highest BCUT2D eigenvalue weighted by atomic mass is 15.2. The Balaban J connectivity index is 1.80. The number of rotatable bonds is 3. The highest BCUT2D eigenvalue weighted by molar-refractivity contribution is 5.80. The zero-order chi connectivity index (χ0) is 10.7. The Morgan fingerprint density at radius 2 is 1.93 bits per heavy atom. The maximum Gasteiger partial charge on any atom is 0.191 e. The number of hydrogen-bond donors (Lipinski definition) is 2. The third kappa shape index (κ3) is 3.11. The molecular weight excluding hydrogens is 186 g/mol. The minimum Gasteiger partial charge on any atom is -0.354 e. The fourth-order valence-corrected chi connectivity index (χ4v) is 2.25. The molecule has 86 valence electrons. The van der Waals surface area contributed by atoms with Gasteiger partial charge in [0, 0.05) is 18.6 Å². The molecule has 2 aliphatic rings. The average Bonchev–Trinajstić information content (AvgIpc) is 2.69. The first-order valence-corrected chi connectivity index (χ1v) is 6.37. The van der Waals surface area contributed by atoms with Crippen molar-refractivity contribution >= 4 is 5.96 Å². The van der Waals surface area contributed by atoms with Gasteiger partial charge in [0.15, 0.2) is 5.96 Å². The predicted molar refractivity (Wildman–Crippen MR) is 64.1 cm³/mol. The summed E-state index contributed by atoms with van der Waals surface area (Å²) >= 11 is 0. The summed E-state index contributed by atoms with van der Waals surface area (Å²) in [5.74, 6) is 1.87. The second-order valence-electron chi connectivity index (χ2n) is 4.91. The molecule has 0 aromatic rings. The molecule has 2 aliphatic carbocycles. The van der Waals surface area contributed by atoms with Crippen molar-refractivity contribution in [1.82, 2.24) is 10.6 Å². The van der Waals surface area contributed by atoms with Crippen molar-refractivity contribution in [2.75, 3.05) is 6.54 Å². The molecule has 2 rings (SSSR count). The molecule has 3 nitrogen and oxygen atoms in total. The Hall–Kier alpha value is -0.730. The van der Waals surface area contributed by atoms with Gasteiger partial charge in [-0.25, -0.2) is 0 Å². The van der Waals surface area contributed by atoms with E-state index in [2.05, 4.69) is 29.5 Å². The molecule has 0 aliphatic heterocycles. The summed E-state index contributed by atoms with van der Waals surface area (Å²) in [5, 5.41) is 7.06. The van der Waals surface area contributed by atoms with E-state index in [1.807, 2.05) is 0 Å². The quantitative estimate of drug-likeness (QED) is 0.550. The molecular formula is C12H23N3. The predicted octanol–water partition coefficient (Wildman–Crippen LogP) is 1.89. The fourth-order valence-electron chi connectivity index (χ4n) is 2.25. The van der Waals surface area contributed by atoms with Gasteiger partial charge in [0.05, 0.1) is 0 Å². The van der Waals surface area contributed by atoms with Crippen LogP contribution in [0.15, 0.2) is 4.99 Å². The molecule has 0 aromatic carbocycles. The van der Waals surface area contributed by atoms with Gasteiger partial charge in [-0.3, -0.25) is 4.99 Å². The second-order valence-corrected chi connectivity index (χ2v) is 4.91. The van der Waals surface area contributed by atoms with Gasteiger partial charge in [-0.05, 0) is 32.1 Å². The van der Waals surface area contributed by atoms with E-state index >= 15 is 0 Å². The molecule has 3 heteroatoms. The van der Waals surface area contributed by atoms with Crippen molar-refractivity contribution in [3.05, 3.63) is 0 Å². The van der Waals surface area contributed by atoms with Crippen LogP contribution in [0.3, 0.4) is 0 Å². The summed E-state index contributed by atoms with van der Waals surface area (Å²) in [6, 6.07) is 1.33. The molecule has 15 heavy (non-hydrogen) atoms. The van der Waals surface area contributed by atoms with Crippen LogP contribution in [0.1, 0.15) is 46.0 Å². The fraction of sp³-hybridized carbons (Fsp3) is 0.917. The maximum atomic E-state index is 4.50. The van der Waals surface area contributed by atoms with E-state index in [4.69, 9.17) is 0 Å². The van der Waals surface area contributed by atoms with E-state index in [-0.39, 0.29) is 0 Å². The van der Waals surface area contributed by atoms with Crippen molar-refractivity contribution in [2.24, 2.45) is 10.9 Å². The Labute approximate surface area is 92.7 Å². The van der Waals surface area contributed by atoms with Gasteiger partial charge in [-0.15, -0.1) is 0 Å². The van der Waals surface area contributed by atoms with Crippen molar-refractivity contribution in [3.8, 4) is 0 Å². The van der Waals surface area contributed by atoms with Crippen molar-refractivity contribution in [3.63, 3.8) is 0 Å². The first-order chi connectivity index (χ1) is 7.29. The highest BCUT2D eigenvalue weighted by Gasteiger charge is 2.33. The molecule has 0 aromatic heterocycles. The number of hydrogen-bond acceptors (Lipinski definition) is 1. The van der Waals surface area contributed by atoms with Crippen LogP contribution in [-0.4, -0.2) is 24.6 Å². The lowest BCUT2D eigenvalue weighted by molar-refractivity contribution is 0.609. The lowest BCUT2D eigenvalue weighted by Gasteiger charge is -2.17. The number of aliphatic imine (C=N–C) groups is 1. The molecule has 2 unspecified atom stereocenters. The van der Waals surface area contributed by atoms with Crippen molar-refractivity contribution in [2.45, 2.75) is 58.0 Å². The summed E-state index contributed by atoms with van der Waals surface area (Å²) in [7, 11) is 0. The van der Waals surface area contributed by atoms with E-state index in [0.717, 1.165) is 18.4 Å². The Morgan fingerprint density at radius 3 is 2.47 bits per heavy atom. The average molecular weight is 209 g/mol. The van der Waals surface area contributed by atoms with Crippen LogP contribution in [0.4, 0.5) is 0 Å². The Kier molecular flexibility index (Phi) is 3.49. The van der Waals surface area contributed by atoms with E-state index < -0.39 is 0 Å². The monoisotopic (exact) mass is 209 g/mol. The van der Waals surface area contributed by atoms with Crippen LogP contribution in [0.2, 0.25) is 0 Å². The van der Waals surface area contributed by atoms with Crippen LogP contribution in [0.5, 0.6) is 0 Å². The molecule has 0 amide bonds. The van der Waals surface area contributed by atoms with Gasteiger partial charge in [0.1, 0.15) is 0 Å². The van der Waals surface area contributed by atoms with Crippen LogP contribution in [0, 0.1) is 5.92 Å². The summed E-state index contributed by atoms with van der Waals surface area (Å²) in [6.07, 6.45) is 6.66. The maximum absolute atomic E-state index is 4.50. The summed E-state index contributed by atoms with van der Waals surface area (Å²) in [6.45, 7) is 5.24. The summed E-state index contributed by atoms with van der Waals surface area (Å²) < 4.78 is 0. The molecule has 0 spiro atoms. The van der Waals surface area contributed by atoms with Crippen LogP contribution in [0.25, 0.3) is 0 Å². The third-order valence-corrected chi connectivity index (χ3v) is 3.44. The minimum atomic E-state index is 0.664. The van der Waals surface area contributed by atoms with Gasteiger partial charge in [0.2, 0.25) is 0 Å². The zero-order valence-electron chi connectivity index (χ0n) is 9.92. The van der Waals surface area contributed by atoms with Gasteiger partial charge in [-0.2, -0.15) is 0 Å². The lowest BCUT2D eigenvalue weighted by atomic mass is 10.2. The number of nitrogens with one attached hydrogen (secondary N) is 2. The molecule has 0 bridgehead atoms. The zero-order valence-corrected chi connectivity index (χ0v) is 9.92. The minimum absolute atomic E-state index is 0.664. The van der Waals surface area contributed by atoms with E-state index in [9.17, 15) is 0 Å². The molecule has 0 heterocycles. The molecule has 2 saturated carbocycles. The second kappa shape index (κ2) is 4.86. The van der Waals surface area contributed by atoms with Crippen LogP contribution in [-0.2, 0) is 0 Å². The largest absolute Gasteiger partial charge is 0.354 e. The lowest BCUT2D eigenvalue weighted by Crippen LogP contribution is -2.43. The van der Waals surface area contributed by atoms with Gasteiger partial charge in [0.25, 0.3) is 0 Å². The van der Waals surface area contributed by atoms with Gasteiger partial charge in [-0.1, -0.05) is 19.8 Å². The molecule has 2 fully saturated rings. The SMILES string of the molecule is CCN=C(NC1CCCC1)NC1CC1C. The van der Waals surface area contributed by atoms with E-state index in [0.29, 0.717) is 12.1 Å². The highest BCUT2D eigenvalue weighted by Crippen LogP contribution is 2.28. The molecule has 2 N–H and O–H groups in total. The Bertz CT molecular complexity index is 231. The van der Waals surface area contributed by atoms with Gasteiger partial charge >= 0.3 is 0 Å².